The standard InChI is InChI=1S/C31H33F2N5O5/c1-43-17-26-27(29(39)40)28(19-6-9-24(32)25(33)14-19)38(31(42)36-26)30(41)35-21-7-8-22(15-21)37-12-10-18(11-13-37)23-5-3-2-4-20(23)16-34/h2-6,9,14,18,21-22,28H,7-8,10-13,15,17H2,1H3,(H,35,41)(H,36,42)(H,39,40)/t21-,22+,28+/m1/s1. The number of halogens is 2. The number of urea groups is 2. The van der Waals surface area contributed by atoms with Crippen LogP contribution in [0.1, 0.15) is 60.8 Å². The molecule has 12 heteroatoms. The molecule has 1 saturated heterocycles. The molecule has 5 rings (SSSR count). The predicted octanol–water partition coefficient (Wildman–Crippen LogP) is 4.40. The van der Waals surface area contributed by atoms with Gasteiger partial charge in [0.1, 0.15) is 6.04 Å². The molecule has 0 bridgehead atoms. The largest absolute Gasteiger partial charge is 0.478 e. The molecule has 3 atom stereocenters. The van der Waals surface area contributed by atoms with E-state index in [9.17, 15) is 33.5 Å². The summed E-state index contributed by atoms with van der Waals surface area (Å²) in [5, 5.41) is 24.8. The highest BCUT2D eigenvalue weighted by molar-refractivity contribution is 6.01. The van der Waals surface area contributed by atoms with Gasteiger partial charge in [0.2, 0.25) is 0 Å². The van der Waals surface area contributed by atoms with E-state index in [0.717, 1.165) is 56.1 Å². The highest BCUT2D eigenvalue weighted by Crippen LogP contribution is 2.36. The molecule has 2 heterocycles. The SMILES string of the molecule is COCC1=C(C(=O)O)[C@H](c2ccc(F)c(F)c2)N(C(=O)N[C@@H]2CC[C@H](N3CCC(c4ccccc4C#N)CC3)C2)C(=O)N1. The Labute approximate surface area is 247 Å². The van der Waals surface area contributed by atoms with E-state index in [0.29, 0.717) is 29.2 Å². The molecule has 1 aliphatic carbocycles. The van der Waals surface area contributed by atoms with Crippen molar-refractivity contribution >= 4 is 18.0 Å². The number of hydrogen-bond donors (Lipinski definition) is 3. The molecule has 4 amide bonds. The topological polar surface area (TPSA) is 135 Å². The van der Waals surface area contributed by atoms with Crippen molar-refractivity contribution in [3.8, 4) is 6.07 Å². The second kappa shape index (κ2) is 12.9. The third-order valence-corrected chi connectivity index (χ3v) is 8.63. The van der Waals surface area contributed by atoms with E-state index in [1.807, 2.05) is 24.3 Å². The molecule has 2 aromatic carbocycles. The first-order valence-corrected chi connectivity index (χ1v) is 14.3. The molecule has 2 aromatic rings. The van der Waals surface area contributed by atoms with Gasteiger partial charge in [0.05, 0.1) is 29.5 Å². The smallest absolute Gasteiger partial charge is 0.335 e. The van der Waals surface area contributed by atoms with E-state index >= 15 is 0 Å². The third kappa shape index (κ3) is 6.23. The van der Waals surface area contributed by atoms with Crippen molar-refractivity contribution in [3.63, 3.8) is 0 Å². The Morgan fingerprint density at radius 1 is 1.12 bits per heavy atom. The summed E-state index contributed by atoms with van der Waals surface area (Å²) < 4.78 is 33.0. The average Bonchev–Trinajstić information content (AvgIpc) is 3.46. The van der Waals surface area contributed by atoms with Crippen molar-refractivity contribution < 1.29 is 33.0 Å². The van der Waals surface area contributed by atoms with Crippen molar-refractivity contribution in [3.05, 3.63) is 82.1 Å². The molecule has 3 aliphatic rings. The van der Waals surface area contributed by atoms with E-state index in [4.69, 9.17) is 4.74 Å². The maximum absolute atomic E-state index is 14.2. The number of carbonyl (C=O) groups is 3. The van der Waals surface area contributed by atoms with E-state index in [2.05, 4.69) is 21.6 Å². The summed E-state index contributed by atoms with van der Waals surface area (Å²) in [7, 11) is 1.31. The number of carbonyl (C=O) groups excluding carboxylic acids is 2. The molecule has 2 aliphatic heterocycles. The molecule has 10 nitrogen and oxygen atoms in total. The number of nitriles is 1. The summed E-state index contributed by atoms with van der Waals surface area (Å²) in [6.45, 7) is 1.45. The van der Waals surface area contributed by atoms with Crippen LogP contribution in [0.2, 0.25) is 0 Å². The Morgan fingerprint density at radius 2 is 1.86 bits per heavy atom. The monoisotopic (exact) mass is 593 g/mol. The van der Waals surface area contributed by atoms with Gasteiger partial charge in [-0.15, -0.1) is 0 Å². The maximum atomic E-state index is 14.2. The number of imide groups is 1. The zero-order valence-corrected chi connectivity index (χ0v) is 23.7. The molecule has 1 saturated carbocycles. The summed E-state index contributed by atoms with van der Waals surface area (Å²) in [6.07, 6.45) is 3.98. The van der Waals surface area contributed by atoms with E-state index in [1.54, 1.807) is 0 Å². The lowest BCUT2D eigenvalue weighted by Crippen LogP contribution is -2.56. The van der Waals surface area contributed by atoms with Gasteiger partial charge < -0.3 is 25.4 Å². The Morgan fingerprint density at radius 3 is 2.53 bits per heavy atom. The number of carboxylic acid groups (broad SMARTS) is 1. The molecule has 0 unspecified atom stereocenters. The van der Waals surface area contributed by atoms with Gasteiger partial charge in [-0.05, 0) is 80.4 Å². The summed E-state index contributed by atoms with van der Waals surface area (Å²) in [4.78, 5) is 42.2. The number of aliphatic carboxylic acids is 1. The Kier molecular flexibility index (Phi) is 9.03. The zero-order valence-electron chi connectivity index (χ0n) is 23.7. The second-order valence-corrected chi connectivity index (χ2v) is 11.1. The number of nitrogens with zero attached hydrogens (tertiary/aromatic N) is 3. The minimum Gasteiger partial charge on any atom is -0.478 e. The van der Waals surface area contributed by atoms with Crippen molar-refractivity contribution in [2.24, 2.45) is 0 Å². The lowest BCUT2D eigenvalue weighted by Gasteiger charge is -2.37. The van der Waals surface area contributed by atoms with Gasteiger partial charge in [-0.25, -0.2) is 28.1 Å². The number of methoxy groups -OCH3 is 1. The number of benzene rings is 2. The quantitative estimate of drug-likeness (QED) is 0.433. The van der Waals surface area contributed by atoms with Crippen LogP contribution in [-0.2, 0) is 9.53 Å². The van der Waals surface area contributed by atoms with Gasteiger partial charge >= 0.3 is 18.0 Å². The molecular weight excluding hydrogens is 560 g/mol. The van der Waals surface area contributed by atoms with Gasteiger partial charge in [0.25, 0.3) is 0 Å². The van der Waals surface area contributed by atoms with E-state index < -0.39 is 35.7 Å². The van der Waals surface area contributed by atoms with Crippen molar-refractivity contribution in [1.82, 2.24) is 20.4 Å². The normalized spacial score (nSPS) is 23.2. The van der Waals surface area contributed by atoms with Gasteiger partial charge in [-0.3, -0.25) is 0 Å². The van der Waals surface area contributed by atoms with Crippen LogP contribution >= 0.6 is 0 Å². The lowest BCUT2D eigenvalue weighted by molar-refractivity contribution is -0.133. The third-order valence-electron chi connectivity index (χ3n) is 8.63. The number of nitrogens with one attached hydrogen (secondary N) is 2. The number of rotatable bonds is 7. The predicted molar refractivity (Wildman–Crippen MR) is 151 cm³/mol. The summed E-state index contributed by atoms with van der Waals surface area (Å²) in [5.74, 6) is -3.51. The lowest BCUT2D eigenvalue weighted by atomic mass is 9.86. The van der Waals surface area contributed by atoms with Crippen LogP contribution in [0.4, 0.5) is 18.4 Å². The number of likely N-dealkylation sites (tertiary alicyclic amines) is 1. The van der Waals surface area contributed by atoms with E-state index in [1.165, 1.54) is 7.11 Å². The minimum absolute atomic E-state index is 0.0694. The number of amides is 4. The molecule has 0 radical (unpaired) electrons. The van der Waals surface area contributed by atoms with Crippen LogP contribution in [0.15, 0.2) is 53.7 Å². The molecular formula is C31H33F2N5O5. The minimum atomic E-state index is -1.51. The fourth-order valence-electron chi connectivity index (χ4n) is 6.57. The van der Waals surface area contributed by atoms with Gasteiger partial charge in [0.15, 0.2) is 11.6 Å². The van der Waals surface area contributed by atoms with Crippen LogP contribution in [-0.4, -0.2) is 71.8 Å². The Hall–Kier alpha value is -4.34. The van der Waals surface area contributed by atoms with Gasteiger partial charge in [-0.1, -0.05) is 24.3 Å². The average molecular weight is 594 g/mol. The van der Waals surface area contributed by atoms with Crippen LogP contribution in [0.5, 0.6) is 0 Å². The first-order valence-electron chi connectivity index (χ1n) is 14.3. The second-order valence-electron chi connectivity index (χ2n) is 11.1. The zero-order chi connectivity index (χ0) is 30.7. The van der Waals surface area contributed by atoms with Crippen LogP contribution in [0.3, 0.4) is 0 Å². The van der Waals surface area contributed by atoms with Crippen LogP contribution in [0, 0.1) is 23.0 Å². The Balaban J connectivity index is 1.29. The van der Waals surface area contributed by atoms with Crippen LogP contribution in [0.25, 0.3) is 0 Å². The fourth-order valence-corrected chi connectivity index (χ4v) is 6.57. The summed E-state index contributed by atoms with van der Waals surface area (Å²) >= 11 is 0. The van der Waals surface area contributed by atoms with Crippen molar-refractivity contribution in [2.45, 2.75) is 56.1 Å². The molecule has 0 aromatic heterocycles. The van der Waals surface area contributed by atoms with Crippen LogP contribution < -0.4 is 10.6 Å². The highest BCUT2D eigenvalue weighted by Gasteiger charge is 2.44. The van der Waals surface area contributed by atoms with Gasteiger partial charge in [0, 0.05) is 19.2 Å². The maximum Gasteiger partial charge on any atom is 0.335 e. The number of hydrogen-bond acceptors (Lipinski definition) is 6. The number of carboxylic acids is 1. The molecule has 2 fully saturated rings. The summed E-state index contributed by atoms with van der Waals surface area (Å²) in [5.41, 5.74) is 1.26. The molecule has 0 spiro atoms. The van der Waals surface area contributed by atoms with E-state index in [-0.39, 0.29) is 35.5 Å². The van der Waals surface area contributed by atoms with Crippen molar-refractivity contribution in [1.29, 1.82) is 5.26 Å². The molecule has 3 N–H and O–H groups in total. The van der Waals surface area contributed by atoms with Crippen molar-refractivity contribution in [2.75, 3.05) is 26.8 Å². The first kappa shape index (κ1) is 30.1. The number of ether oxygens (including phenoxy) is 1. The Bertz CT molecular complexity index is 1480. The molecule has 43 heavy (non-hydrogen) atoms. The fraction of sp³-hybridized carbons (Fsp3) is 0.419. The highest BCUT2D eigenvalue weighted by atomic mass is 19.2. The number of piperidine rings is 1. The summed E-state index contributed by atoms with van der Waals surface area (Å²) in [6, 6.07) is 9.44. The van der Waals surface area contributed by atoms with Gasteiger partial charge in [-0.2, -0.15) is 5.26 Å². The first-order chi connectivity index (χ1) is 20.7. The molecule has 226 valence electrons.